The van der Waals surface area contributed by atoms with Crippen molar-refractivity contribution in [2.75, 3.05) is 19.6 Å². The van der Waals surface area contributed by atoms with Gasteiger partial charge in [-0.25, -0.2) is 8.78 Å². The number of rotatable bonds is 5. The van der Waals surface area contributed by atoms with Gasteiger partial charge < -0.3 is 9.47 Å². The topological polar surface area (TPSA) is 42.8 Å². The lowest BCUT2D eigenvalue weighted by Gasteiger charge is -2.07. The Morgan fingerprint density at radius 3 is 2.52 bits per heavy atom. The van der Waals surface area contributed by atoms with E-state index in [0.717, 1.165) is 12.1 Å². The Morgan fingerprint density at radius 2 is 1.86 bits per heavy atom. The predicted molar refractivity (Wildman–Crippen MR) is 77.1 cm³/mol. The summed E-state index contributed by atoms with van der Waals surface area (Å²) in [6, 6.07) is 8.42. The first-order valence-electron chi connectivity index (χ1n) is 6.10. The van der Waals surface area contributed by atoms with Gasteiger partial charge in [-0.1, -0.05) is 0 Å². The highest BCUT2D eigenvalue weighted by molar-refractivity contribution is 5.84. The van der Waals surface area contributed by atoms with Crippen molar-refractivity contribution in [2.45, 2.75) is 0 Å². The third kappa shape index (κ3) is 3.68. The minimum Gasteiger partial charge on any atom is -0.497 e. The number of anilines is 1. The SMILES string of the molecule is COc1ccc(/C=N/Nc2ccc(F)cc2F)c(OC)c1. The summed E-state index contributed by atoms with van der Waals surface area (Å²) in [5.41, 5.74) is 3.28. The summed E-state index contributed by atoms with van der Waals surface area (Å²) in [6.45, 7) is 0. The number of benzene rings is 2. The van der Waals surface area contributed by atoms with Crippen LogP contribution in [0.1, 0.15) is 5.56 Å². The van der Waals surface area contributed by atoms with E-state index in [1.807, 2.05) is 0 Å². The molecule has 21 heavy (non-hydrogen) atoms. The molecule has 1 N–H and O–H groups in total. The average molecular weight is 292 g/mol. The normalized spacial score (nSPS) is 10.7. The molecule has 0 atom stereocenters. The van der Waals surface area contributed by atoms with Crippen molar-refractivity contribution >= 4 is 11.9 Å². The largest absolute Gasteiger partial charge is 0.497 e. The van der Waals surface area contributed by atoms with Crippen LogP contribution in [0.2, 0.25) is 0 Å². The molecule has 2 aromatic rings. The zero-order valence-electron chi connectivity index (χ0n) is 11.6. The molecule has 2 aromatic carbocycles. The molecule has 0 unspecified atom stereocenters. The van der Waals surface area contributed by atoms with Crippen LogP contribution in [-0.4, -0.2) is 20.4 Å². The van der Waals surface area contributed by atoms with E-state index in [-0.39, 0.29) is 5.69 Å². The minimum absolute atomic E-state index is 0.0835. The van der Waals surface area contributed by atoms with Gasteiger partial charge in [-0.15, -0.1) is 0 Å². The minimum atomic E-state index is -0.714. The molecule has 0 amide bonds. The number of ether oxygens (including phenoxy) is 2. The van der Waals surface area contributed by atoms with Crippen LogP contribution in [0.15, 0.2) is 41.5 Å². The van der Waals surface area contributed by atoms with E-state index in [1.165, 1.54) is 19.4 Å². The highest BCUT2D eigenvalue weighted by Crippen LogP contribution is 2.23. The molecule has 2 rings (SSSR count). The first-order chi connectivity index (χ1) is 10.1. The second-order valence-electron chi connectivity index (χ2n) is 4.10. The van der Waals surface area contributed by atoms with Crippen molar-refractivity contribution in [3.05, 3.63) is 53.6 Å². The van der Waals surface area contributed by atoms with Crippen LogP contribution in [-0.2, 0) is 0 Å². The quantitative estimate of drug-likeness (QED) is 0.678. The van der Waals surface area contributed by atoms with Gasteiger partial charge in [0.2, 0.25) is 0 Å². The van der Waals surface area contributed by atoms with E-state index >= 15 is 0 Å². The lowest BCUT2D eigenvalue weighted by molar-refractivity contribution is 0.394. The molecule has 0 aromatic heterocycles. The van der Waals surface area contributed by atoms with Gasteiger partial charge in [0.25, 0.3) is 0 Å². The van der Waals surface area contributed by atoms with E-state index in [2.05, 4.69) is 10.5 Å². The van der Waals surface area contributed by atoms with Gasteiger partial charge in [-0.3, -0.25) is 5.43 Å². The monoisotopic (exact) mass is 292 g/mol. The highest BCUT2D eigenvalue weighted by Gasteiger charge is 2.04. The number of methoxy groups -OCH3 is 2. The van der Waals surface area contributed by atoms with Crippen molar-refractivity contribution in [1.29, 1.82) is 0 Å². The fourth-order valence-corrected chi connectivity index (χ4v) is 1.68. The summed E-state index contributed by atoms with van der Waals surface area (Å²) < 4.78 is 36.5. The second-order valence-corrected chi connectivity index (χ2v) is 4.10. The Bertz CT molecular complexity index is 660. The second kappa shape index (κ2) is 6.69. The lowest BCUT2D eigenvalue weighted by Crippen LogP contribution is -1.96. The van der Waals surface area contributed by atoms with Gasteiger partial charge in [0.15, 0.2) is 5.82 Å². The van der Waals surface area contributed by atoms with E-state index in [4.69, 9.17) is 9.47 Å². The summed E-state index contributed by atoms with van der Waals surface area (Å²) in [4.78, 5) is 0. The number of nitrogens with one attached hydrogen (secondary N) is 1. The number of hydrogen-bond donors (Lipinski definition) is 1. The molecule has 0 saturated carbocycles. The smallest absolute Gasteiger partial charge is 0.151 e. The first-order valence-corrected chi connectivity index (χ1v) is 6.10. The maximum atomic E-state index is 13.4. The molecule has 0 aliphatic carbocycles. The summed E-state index contributed by atoms with van der Waals surface area (Å²) in [7, 11) is 3.08. The van der Waals surface area contributed by atoms with Gasteiger partial charge in [-0.2, -0.15) is 5.10 Å². The Labute approximate surface area is 121 Å². The zero-order chi connectivity index (χ0) is 15.2. The van der Waals surface area contributed by atoms with E-state index in [0.29, 0.717) is 17.1 Å². The third-order valence-electron chi connectivity index (χ3n) is 2.76. The summed E-state index contributed by atoms with van der Waals surface area (Å²) in [6.07, 6.45) is 1.47. The average Bonchev–Trinajstić information content (AvgIpc) is 2.49. The number of hydrogen-bond acceptors (Lipinski definition) is 4. The Kier molecular flexibility index (Phi) is 4.71. The highest BCUT2D eigenvalue weighted by atomic mass is 19.1. The Hall–Kier alpha value is -2.63. The molecule has 0 saturated heterocycles. The van der Waals surface area contributed by atoms with Crippen LogP contribution in [0.5, 0.6) is 11.5 Å². The molecular weight excluding hydrogens is 278 g/mol. The summed E-state index contributed by atoms with van der Waals surface area (Å²) in [5, 5.41) is 3.91. The van der Waals surface area contributed by atoms with Crippen LogP contribution in [0, 0.1) is 11.6 Å². The molecule has 110 valence electrons. The Balaban J connectivity index is 2.14. The number of halogens is 2. The molecule has 6 heteroatoms. The fourth-order valence-electron chi connectivity index (χ4n) is 1.68. The molecule has 0 aliphatic heterocycles. The molecule has 0 heterocycles. The molecule has 0 radical (unpaired) electrons. The van der Waals surface area contributed by atoms with E-state index in [9.17, 15) is 8.78 Å². The predicted octanol–water partition coefficient (Wildman–Crippen LogP) is 3.43. The molecule has 0 spiro atoms. The van der Waals surface area contributed by atoms with Gasteiger partial charge >= 0.3 is 0 Å². The van der Waals surface area contributed by atoms with Gasteiger partial charge in [0.1, 0.15) is 17.3 Å². The van der Waals surface area contributed by atoms with Crippen molar-refractivity contribution in [2.24, 2.45) is 5.10 Å². The van der Waals surface area contributed by atoms with Gasteiger partial charge in [-0.05, 0) is 24.3 Å². The van der Waals surface area contributed by atoms with Crippen molar-refractivity contribution in [3.63, 3.8) is 0 Å². The molecule has 0 bridgehead atoms. The van der Waals surface area contributed by atoms with Crippen LogP contribution in [0.4, 0.5) is 14.5 Å². The third-order valence-corrected chi connectivity index (χ3v) is 2.76. The molecular formula is C15H14F2N2O2. The van der Waals surface area contributed by atoms with E-state index in [1.54, 1.807) is 25.3 Å². The van der Waals surface area contributed by atoms with Crippen molar-refractivity contribution in [1.82, 2.24) is 0 Å². The van der Waals surface area contributed by atoms with Crippen molar-refractivity contribution in [3.8, 4) is 11.5 Å². The molecule has 4 nitrogen and oxygen atoms in total. The lowest BCUT2D eigenvalue weighted by atomic mass is 10.2. The standard InChI is InChI=1S/C15H14F2N2O2/c1-20-12-5-3-10(15(8-12)21-2)9-18-19-14-6-4-11(16)7-13(14)17/h3-9,19H,1-2H3/b18-9+. The maximum absolute atomic E-state index is 13.4. The first kappa shape index (κ1) is 14.8. The maximum Gasteiger partial charge on any atom is 0.151 e. The van der Waals surface area contributed by atoms with Crippen LogP contribution >= 0.6 is 0 Å². The van der Waals surface area contributed by atoms with Crippen LogP contribution < -0.4 is 14.9 Å². The van der Waals surface area contributed by atoms with Crippen molar-refractivity contribution < 1.29 is 18.3 Å². The van der Waals surface area contributed by atoms with Gasteiger partial charge in [0, 0.05) is 17.7 Å². The summed E-state index contributed by atoms with van der Waals surface area (Å²) >= 11 is 0. The number of nitrogens with zero attached hydrogens (tertiary/aromatic N) is 1. The molecule has 0 aliphatic rings. The van der Waals surface area contributed by atoms with Crippen LogP contribution in [0.3, 0.4) is 0 Å². The molecule has 0 fully saturated rings. The van der Waals surface area contributed by atoms with Gasteiger partial charge in [0.05, 0.1) is 26.1 Å². The fraction of sp³-hybridized carbons (Fsp3) is 0.133. The Morgan fingerprint density at radius 1 is 1.05 bits per heavy atom. The summed E-state index contributed by atoms with van der Waals surface area (Å²) in [5.74, 6) is -0.131. The van der Waals surface area contributed by atoms with E-state index < -0.39 is 11.6 Å². The number of hydrazone groups is 1. The van der Waals surface area contributed by atoms with Crippen LogP contribution in [0.25, 0.3) is 0 Å². The zero-order valence-corrected chi connectivity index (χ0v) is 11.6.